The number of halogens is 1. The van der Waals surface area contributed by atoms with E-state index >= 15 is 0 Å². The molecule has 1 radical (unpaired) electrons. The molecule has 0 bridgehead atoms. The highest BCUT2D eigenvalue weighted by atomic mass is 32.1. The SMILES string of the molecule is Fc1ccc(-c2ncsc2-c2n[c]ncc2C2CCCC2)cc1. The molecule has 1 aromatic carbocycles. The molecule has 0 unspecified atom stereocenters. The first-order valence-electron chi connectivity index (χ1n) is 7.75. The normalized spacial score (nSPS) is 15.2. The van der Waals surface area contributed by atoms with E-state index in [-0.39, 0.29) is 5.82 Å². The molecule has 0 amide bonds. The van der Waals surface area contributed by atoms with Crippen molar-refractivity contribution in [2.45, 2.75) is 31.6 Å². The predicted octanol–water partition coefficient (Wildman–Crippen LogP) is 4.86. The van der Waals surface area contributed by atoms with Gasteiger partial charge in [-0.05, 0) is 43.0 Å². The number of nitrogens with zero attached hydrogens (tertiary/aromatic N) is 3. The molecule has 3 nitrogen and oxygen atoms in total. The smallest absolute Gasteiger partial charge is 0.198 e. The van der Waals surface area contributed by atoms with Crippen LogP contribution in [0, 0.1) is 12.1 Å². The van der Waals surface area contributed by atoms with Crippen molar-refractivity contribution >= 4 is 11.3 Å². The summed E-state index contributed by atoms with van der Waals surface area (Å²) in [6, 6.07) is 6.44. The topological polar surface area (TPSA) is 38.7 Å². The Kier molecular flexibility index (Phi) is 3.87. The van der Waals surface area contributed by atoms with Crippen LogP contribution in [0.3, 0.4) is 0 Å². The number of hydrogen-bond acceptors (Lipinski definition) is 4. The number of hydrogen-bond donors (Lipinski definition) is 0. The van der Waals surface area contributed by atoms with Gasteiger partial charge in [0, 0.05) is 17.3 Å². The summed E-state index contributed by atoms with van der Waals surface area (Å²) in [5, 5.41) is 0. The molecule has 115 valence electrons. The molecule has 1 aliphatic carbocycles. The molecule has 2 heterocycles. The summed E-state index contributed by atoms with van der Waals surface area (Å²) >= 11 is 1.56. The zero-order valence-corrected chi connectivity index (χ0v) is 13.3. The lowest BCUT2D eigenvalue weighted by atomic mass is 9.96. The second-order valence-corrected chi connectivity index (χ2v) is 6.65. The van der Waals surface area contributed by atoms with Gasteiger partial charge in [0.1, 0.15) is 5.82 Å². The van der Waals surface area contributed by atoms with Gasteiger partial charge in [0.2, 0.25) is 0 Å². The third kappa shape index (κ3) is 2.77. The zero-order chi connectivity index (χ0) is 15.6. The summed E-state index contributed by atoms with van der Waals surface area (Å²) in [5.41, 5.74) is 5.68. The number of aromatic nitrogens is 3. The number of rotatable bonds is 3. The quantitative estimate of drug-likeness (QED) is 0.690. The van der Waals surface area contributed by atoms with E-state index in [0.717, 1.165) is 21.8 Å². The summed E-state index contributed by atoms with van der Waals surface area (Å²) in [7, 11) is 0. The first-order chi connectivity index (χ1) is 11.3. The van der Waals surface area contributed by atoms with Crippen molar-refractivity contribution in [2.75, 3.05) is 0 Å². The highest BCUT2D eigenvalue weighted by Crippen LogP contribution is 2.41. The standard InChI is InChI=1S/C18H15FN3S/c19-14-7-5-13(6-8-14)16-18(23-11-22-16)17-15(9-20-10-21-17)12-3-1-2-4-12/h5-9,11-12H,1-4H2. The Labute approximate surface area is 138 Å². The van der Waals surface area contributed by atoms with Crippen molar-refractivity contribution in [1.82, 2.24) is 15.0 Å². The Morgan fingerprint density at radius 3 is 2.65 bits per heavy atom. The minimum atomic E-state index is -0.243. The molecular formula is C18H15FN3S. The van der Waals surface area contributed by atoms with Gasteiger partial charge in [-0.25, -0.2) is 19.3 Å². The molecule has 2 aromatic heterocycles. The van der Waals surface area contributed by atoms with Gasteiger partial charge < -0.3 is 0 Å². The molecule has 0 atom stereocenters. The lowest BCUT2D eigenvalue weighted by Gasteiger charge is -2.13. The third-order valence-electron chi connectivity index (χ3n) is 4.39. The maximum Gasteiger partial charge on any atom is 0.198 e. The number of benzene rings is 1. The van der Waals surface area contributed by atoms with Crippen molar-refractivity contribution in [3.8, 4) is 21.8 Å². The summed E-state index contributed by atoms with van der Waals surface area (Å²) < 4.78 is 13.2. The molecule has 0 aliphatic heterocycles. The summed E-state index contributed by atoms with van der Waals surface area (Å²) in [5.74, 6) is 0.273. The Bertz CT molecular complexity index is 807. The maximum absolute atomic E-state index is 13.2. The highest BCUT2D eigenvalue weighted by molar-refractivity contribution is 7.13. The summed E-state index contributed by atoms with van der Waals surface area (Å²) in [6.07, 6.45) is 9.51. The number of thiazole rings is 1. The van der Waals surface area contributed by atoms with Crippen LogP contribution in [0.4, 0.5) is 4.39 Å². The first kappa shape index (κ1) is 14.5. The van der Waals surface area contributed by atoms with Crippen LogP contribution in [-0.4, -0.2) is 15.0 Å². The summed E-state index contributed by atoms with van der Waals surface area (Å²) in [6.45, 7) is 0. The fourth-order valence-electron chi connectivity index (χ4n) is 3.25. The summed E-state index contributed by atoms with van der Waals surface area (Å²) in [4.78, 5) is 14.0. The first-order valence-corrected chi connectivity index (χ1v) is 8.63. The van der Waals surface area contributed by atoms with E-state index in [1.165, 1.54) is 43.4 Å². The van der Waals surface area contributed by atoms with Gasteiger partial charge in [-0.15, -0.1) is 11.3 Å². The van der Waals surface area contributed by atoms with E-state index in [9.17, 15) is 4.39 Å². The van der Waals surface area contributed by atoms with Crippen LogP contribution < -0.4 is 0 Å². The van der Waals surface area contributed by atoms with Crippen molar-refractivity contribution in [1.29, 1.82) is 0 Å². The average molecular weight is 324 g/mol. The highest BCUT2D eigenvalue weighted by Gasteiger charge is 2.24. The Morgan fingerprint density at radius 2 is 1.87 bits per heavy atom. The van der Waals surface area contributed by atoms with Crippen molar-refractivity contribution in [3.63, 3.8) is 0 Å². The molecule has 23 heavy (non-hydrogen) atoms. The van der Waals surface area contributed by atoms with Gasteiger partial charge >= 0.3 is 0 Å². The molecule has 1 fully saturated rings. The minimum absolute atomic E-state index is 0.243. The molecule has 0 spiro atoms. The van der Waals surface area contributed by atoms with Gasteiger partial charge in [-0.2, -0.15) is 0 Å². The zero-order valence-electron chi connectivity index (χ0n) is 12.5. The Hall–Kier alpha value is -2.14. The average Bonchev–Trinajstić information content (AvgIpc) is 3.27. The van der Waals surface area contributed by atoms with E-state index in [2.05, 4.69) is 21.3 Å². The Balaban J connectivity index is 1.80. The monoisotopic (exact) mass is 324 g/mol. The van der Waals surface area contributed by atoms with E-state index in [1.54, 1.807) is 23.5 Å². The molecule has 0 saturated heterocycles. The van der Waals surface area contributed by atoms with E-state index in [4.69, 9.17) is 0 Å². The van der Waals surface area contributed by atoms with E-state index < -0.39 is 0 Å². The minimum Gasteiger partial charge on any atom is -0.244 e. The molecular weight excluding hydrogens is 309 g/mol. The van der Waals surface area contributed by atoms with Crippen LogP contribution in [0.5, 0.6) is 0 Å². The van der Waals surface area contributed by atoms with Crippen LogP contribution >= 0.6 is 11.3 Å². The van der Waals surface area contributed by atoms with Crippen LogP contribution in [0.15, 0.2) is 36.0 Å². The van der Waals surface area contributed by atoms with Gasteiger partial charge in [0.05, 0.1) is 21.8 Å². The van der Waals surface area contributed by atoms with Gasteiger partial charge in [0.25, 0.3) is 0 Å². The molecule has 5 heteroatoms. The second kappa shape index (κ2) is 6.16. The molecule has 1 aliphatic rings. The fourth-order valence-corrected chi connectivity index (χ4v) is 4.07. The van der Waals surface area contributed by atoms with E-state index in [0.29, 0.717) is 5.92 Å². The predicted molar refractivity (Wildman–Crippen MR) is 88.6 cm³/mol. The maximum atomic E-state index is 13.2. The van der Waals surface area contributed by atoms with Crippen LogP contribution in [-0.2, 0) is 0 Å². The molecule has 3 aromatic rings. The lowest BCUT2D eigenvalue weighted by Crippen LogP contribution is -1.99. The van der Waals surface area contributed by atoms with Gasteiger partial charge in [-0.1, -0.05) is 12.8 Å². The lowest BCUT2D eigenvalue weighted by molar-refractivity contribution is 0.628. The van der Waals surface area contributed by atoms with Gasteiger partial charge in [0.15, 0.2) is 6.33 Å². The molecule has 0 N–H and O–H groups in total. The van der Waals surface area contributed by atoms with Crippen LogP contribution in [0.1, 0.15) is 37.2 Å². The largest absolute Gasteiger partial charge is 0.244 e. The van der Waals surface area contributed by atoms with Crippen LogP contribution in [0.2, 0.25) is 0 Å². The van der Waals surface area contributed by atoms with Crippen LogP contribution in [0.25, 0.3) is 21.8 Å². The third-order valence-corrected chi connectivity index (χ3v) is 5.22. The van der Waals surface area contributed by atoms with Crippen molar-refractivity contribution in [2.24, 2.45) is 0 Å². The fraction of sp³-hybridized carbons (Fsp3) is 0.278. The van der Waals surface area contributed by atoms with Crippen molar-refractivity contribution < 1.29 is 4.39 Å². The van der Waals surface area contributed by atoms with Gasteiger partial charge in [-0.3, -0.25) is 0 Å². The Morgan fingerprint density at radius 1 is 1.09 bits per heavy atom. The molecule has 4 rings (SSSR count). The second-order valence-electron chi connectivity index (χ2n) is 5.79. The van der Waals surface area contributed by atoms with Crippen molar-refractivity contribution in [3.05, 3.63) is 53.7 Å². The van der Waals surface area contributed by atoms with E-state index in [1.807, 2.05) is 11.7 Å². The molecule has 1 saturated carbocycles.